The molecule has 1 N–H and O–H groups in total. The number of nitrogens with one attached hydrogen (secondary N) is 1. The molecule has 0 radical (unpaired) electrons. The van der Waals surface area contributed by atoms with Crippen LogP contribution < -0.4 is 10.1 Å². The second-order valence-corrected chi connectivity index (χ2v) is 9.12. The summed E-state index contributed by atoms with van der Waals surface area (Å²) in [6.45, 7) is 9.65. The van der Waals surface area contributed by atoms with Crippen molar-refractivity contribution < 1.29 is 9.53 Å². The van der Waals surface area contributed by atoms with Gasteiger partial charge in [-0.1, -0.05) is 19.1 Å². The van der Waals surface area contributed by atoms with Crippen LogP contribution in [0.3, 0.4) is 0 Å². The SMILES string of the molecule is CCCOc1cccc2cc(C(=O)NC3C4CCN(CC4)C3(C)C)sc12. The van der Waals surface area contributed by atoms with Gasteiger partial charge in [-0.2, -0.15) is 0 Å². The Balaban J connectivity index is 1.57. The monoisotopic (exact) mass is 372 g/mol. The van der Waals surface area contributed by atoms with Gasteiger partial charge >= 0.3 is 0 Å². The molecule has 3 fully saturated rings. The number of hydrogen-bond acceptors (Lipinski definition) is 4. The average Bonchev–Trinajstić information content (AvgIpc) is 3.08. The van der Waals surface area contributed by atoms with Gasteiger partial charge in [0.25, 0.3) is 5.91 Å². The molecular weight excluding hydrogens is 344 g/mol. The summed E-state index contributed by atoms with van der Waals surface area (Å²) in [5.74, 6) is 1.54. The molecule has 2 aromatic rings. The maximum atomic E-state index is 13.0. The van der Waals surface area contributed by atoms with Gasteiger partial charge in [0.1, 0.15) is 5.75 Å². The molecule has 4 heterocycles. The fourth-order valence-electron chi connectivity index (χ4n) is 4.56. The Labute approximate surface area is 159 Å². The van der Waals surface area contributed by atoms with Gasteiger partial charge < -0.3 is 10.1 Å². The Morgan fingerprint density at radius 2 is 2.12 bits per heavy atom. The van der Waals surface area contributed by atoms with Crippen LogP contribution in [-0.4, -0.2) is 42.1 Å². The number of thiophene rings is 1. The zero-order valence-electron chi connectivity index (χ0n) is 15.9. The van der Waals surface area contributed by atoms with Gasteiger partial charge in [0, 0.05) is 11.6 Å². The minimum absolute atomic E-state index is 0.0307. The summed E-state index contributed by atoms with van der Waals surface area (Å²) in [5.41, 5.74) is 0.0307. The fourth-order valence-corrected chi connectivity index (χ4v) is 5.59. The molecule has 0 saturated carbocycles. The number of rotatable bonds is 5. The van der Waals surface area contributed by atoms with E-state index in [9.17, 15) is 4.79 Å². The molecule has 5 heteroatoms. The lowest BCUT2D eigenvalue weighted by Crippen LogP contribution is -2.69. The highest BCUT2D eigenvalue weighted by Crippen LogP contribution is 2.39. The normalized spacial score (nSPS) is 26.8. The third-order valence-corrected chi connectivity index (χ3v) is 7.23. The lowest BCUT2D eigenvalue weighted by atomic mass is 9.72. The van der Waals surface area contributed by atoms with Crippen molar-refractivity contribution in [3.05, 3.63) is 29.1 Å². The number of amides is 1. The molecule has 1 amide bonds. The van der Waals surface area contributed by atoms with Crippen LogP contribution in [0.4, 0.5) is 0 Å². The van der Waals surface area contributed by atoms with Crippen LogP contribution in [0.2, 0.25) is 0 Å². The van der Waals surface area contributed by atoms with Gasteiger partial charge in [0.2, 0.25) is 0 Å². The summed E-state index contributed by atoms with van der Waals surface area (Å²) in [4.78, 5) is 16.3. The van der Waals surface area contributed by atoms with Crippen LogP contribution in [0.1, 0.15) is 49.7 Å². The Hall–Kier alpha value is -1.59. The number of carbonyl (C=O) groups excluding carboxylic acids is 1. The largest absolute Gasteiger partial charge is 0.492 e. The summed E-state index contributed by atoms with van der Waals surface area (Å²) >= 11 is 1.54. The average molecular weight is 373 g/mol. The first kappa shape index (κ1) is 17.8. The van der Waals surface area contributed by atoms with Crippen LogP contribution in [0, 0.1) is 5.92 Å². The first-order valence-electron chi connectivity index (χ1n) is 9.72. The predicted molar refractivity (Wildman–Crippen MR) is 107 cm³/mol. The molecule has 3 saturated heterocycles. The lowest BCUT2D eigenvalue weighted by Gasteiger charge is -2.56. The van der Waals surface area contributed by atoms with Gasteiger partial charge in [-0.15, -0.1) is 11.3 Å². The van der Waals surface area contributed by atoms with Crippen molar-refractivity contribution in [1.29, 1.82) is 0 Å². The van der Waals surface area contributed by atoms with Crippen LogP contribution in [0.5, 0.6) is 5.75 Å². The molecular formula is C21H28N2O2S. The second kappa shape index (κ2) is 6.86. The smallest absolute Gasteiger partial charge is 0.261 e. The highest BCUT2D eigenvalue weighted by molar-refractivity contribution is 7.21. The molecule has 2 bridgehead atoms. The predicted octanol–water partition coefficient (Wildman–Crippen LogP) is 4.29. The van der Waals surface area contributed by atoms with Crippen molar-refractivity contribution >= 4 is 27.3 Å². The molecule has 4 nitrogen and oxygen atoms in total. The molecule has 0 spiro atoms. The molecule has 1 atom stereocenters. The van der Waals surface area contributed by atoms with Crippen LogP contribution in [0.15, 0.2) is 24.3 Å². The van der Waals surface area contributed by atoms with E-state index in [-0.39, 0.29) is 17.5 Å². The van der Waals surface area contributed by atoms with Gasteiger partial charge in [-0.3, -0.25) is 9.69 Å². The quantitative estimate of drug-likeness (QED) is 0.851. The molecule has 5 rings (SSSR count). The minimum Gasteiger partial charge on any atom is -0.492 e. The number of ether oxygens (including phenoxy) is 1. The molecule has 26 heavy (non-hydrogen) atoms. The fraction of sp³-hybridized carbons (Fsp3) is 0.571. The molecule has 140 valence electrons. The summed E-state index contributed by atoms with van der Waals surface area (Å²) in [6.07, 6.45) is 3.36. The van der Waals surface area contributed by atoms with E-state index in [2.05, 4.69) is 37.1 Å². The zero-order chi connectivity index (χ0) is 18.3. The number of piperidine rings is 3. The first-order chi connectivity index (χ1) is 12.5. The summed E-state index contributed by atoms with van der Waals surface area (Å²) in [7, 11) is 0. The van der Waals surface area contributed by atoms with Gasteiger partial charge in [-0.25, -0.2) is 0 Å². The van der Waals surface area contributed by atoms with E-state index in [1.807, 2.05) is 18.2 Å². The van der Waals surface area contributed by atoms with E-state index in [1.165, 1.54) is 12.8 Å². The third-order valence-electron chi connectivity index (χ3n) is 6.07. The molecule has 1 aromatic heterocycles. The van der Waals surface area contributed by atoms with Crippen LogP contribution >= 0.6 is 11.3 Å². The van der Waals surface area contributed by atoms with Crippen LogP contribution in [0.25, 0.3) is 10.1 Å². The number of hydrogen-bond donors (Lipinski definition) is 1. The van der Waals surface area contributed by atoms with E-state index in [4.69, 9.17) is 4.74 Å². The lowest BCUT2D eigenvalue weighted by molar-refractivity contribution is -0.0377. The van der Waals surface area contributed by atoms with Gasteiger partial charge in [-0.05, 0) is 69.6 Å². The number of nitrogens with zero attached hydrogens (tertiary/aromatic N) is 1. The van der Waals surface area contributed by atoms with Crippen molar-refractivity contribution in [2.24, 2.45) is 5.92 Å². The zero-order valence-corrected chi connectivity index (χ0v) is 16.7. The van der Waals surface area contributed by atoms with E-state index in [1.54, 1.807) is 11.3 Å². The highest BCUT2D eigenvalue weighted by Gasteiger charge is 2.48. The minimum atomic E-state index is 0.0307. The maximum Gasteiger partial charge on any atom is 0.261 e. The Morgan fingerprint density at radius 3 is 2.81 bits per heavy atom. The topological polar surface area (TPSA) is 41.6 Å². The molecule has 3 aliphatic rings. The van der Waals surface area contributed by atoms with E-state index in [0.717, 1.165) is 40.2 Å². The maximum absolute atomic E-state index is 13.0. The summed E-state index contributed by atoms with van der Waals surface area (Å²) < 4.78 is 6.93. The molecule has 1 unspecified atom stereocenters. The van der Waals surface area contributed by atoms with Gasteiger partial charge in [0.05, 0.1) is 16.2 Å². The Morgan fingerprint density at radius 1 is 1.35 bits per heavy atom. The number of benzene rings is 1. The van der Waals surface area contributed by atoms with E-state index >= 15 is 0 Å². The Bertz CT molecular complexity index is 805. The van der Waals surface area contributed by atoms with Crippen molar-refractivity contribution in [2.45, 2.75) is 51.6 Å². The van der Waals surface area contributed by atoms with Crippen molar-refractivity contribution in [1.82, 2.24) is 10.2 Å². The first-order valence-corrected chi connectivity index (χ1v) is 10.5. The summed E-state index contributed by atoms with van der Waals surface area (Å²) in [5, 5.41) is 4.45. The number of fused-ring (bicyclic) bond motifs is 4. The van der Waals surface area contributed by atoms with E-state index in [0.29, 0.717) is 12.5 Å². The third kappa shape index (κ3) is 3.01. The Kier molecular flexibility index (Phi) is 4.70. The summed E-state index contributed by atoms with van der Waals surface area (Å²) in [6, 6.07) is 8.27. The second-order valence-electron chi connectivity index (χ2n) is 8.06. The van der Waals surface area contributed by atoms with Gasteiger partial charge in [0.15, 0.2) is 0 Å². The van der Waals surface area contributed by atoms with Crippen LogP contribution in [-0.2, 0) is 0 Å². The molecule has 0 aliphatic carbocycles. The molecule has 1 aromatic carbocycles. The molecule has 3 aliphatic heterocycles. The van der Waals surface area contributed by atoms with Crippen molar-refractivity contribution in [3.8, 4) is 5.75 Å². The number of carbonyl (C=O) groups is 1. The highest BCUT2D eigenvalue weighted by atomic mass is 32.1. The van der Waals surface area contributed by atoms with E-state index < -0.39 is 0 Å². The van der Waals surface area contributed by atoms with Crippen molar-refractivity contribution in [3.63, 3.8) is 0 Å². The van der Waals surface area contributed by atoms with Crippen molar-refractivity contribution in [2.75, 3.05) is 19.7 Å². The standard InChI is InChI=1S/C21H28N2O2S/c1-4-12-25-16-7-5-6-15-13-17(26-18(15)16)20(24)22-19-14-8-10-23(11-9-14)21(19,2)3/h5-7,13-14,19H,4,8-12H2,1-3H3,(H,22,24).